The number of anilines is 1. The molecule has 21 heavy (non-hydrogen) atoms. The average molecular weight is 374 g/mol. The third-order valence-electron chi connectivity index (χ3n) is 1.73. The summed E-state index contributed by atoms with van der Waals surface area (Å²) in [6.07, 6.45) is -0.382. The van der Waals surface area contributed by atoms with E-state index in [-0.39, 0.29) is 65.4 Å². The van der Waals surface area contributed by atoms with Gasteiger partial charge in [-0.1, -0.05) is 23.5 Å². The number of hydrogen-bond donors (Lipinski definition) is 5. The van der Waals surface area contributed by atoms with E-state index < -0.39 is 15.9 Å². The van der Waals surface area contributed by atoms with Crippen LogP contribution in [0.25, 0.3) is 10.2 Å². The Labute approximate surface area is 169 Å². The van der Waals surface area contributed by atoms with Crippen LogP contribution in [-0.4, -0.2) is 90.0 Å². The molecule has 0 radical (unpaired) electrons. The molecule has 5 N–H and O–H groups in total. The topological polar surface area (TPSA) is 140 Å². The summed E-state index contributed by atoms with van der Waals surface area (Å²) in [4.78, 5) is 35.9. The fourth-order valence-electron chi connectivity index (χ4n) is 1.12. The van der Waals surface area contributed by atoms with Gasteiger partial charge in [-0.05, 0) is 12.1 Å². The fraction of sp³-hybridized carbons (Fsp3) is 0.125. The van der Waals surface area contributed by atoms with E-state index in [4.69, 9.17) is 24.1 Å². The van der Waals surface area contributed by atoms with Crippen molar-refractivity contribution >= 4 is 102 Å². The van der Waals surface area contributed by atoms with E-state index in [9.17, 15) is 4.57 Å². The van der Waals surface area contributed by atoms with Crippen molar-refractivity contribution in [2.75, 3.05) is 11.6 Å². The number of nitrogens with zero attached hydrogens (tertiary/aromatic N) is 1. The summed E-state index contributed by atoms with van der Waals surface area (Å²) in [7, 11) is -7.15. The van der Waals surface area contributed by atoms with Crippen LogP contribution in [-0.2, 0) is 9.13 Å². The molecule has 110 valence electrons. The standard InChI is InChI=1S/C8H9N2O3PS.2Na.H3O3P.2H/c11-14(12,13)5-9-8-10-6-3-1-2-4-7(6)15-8;;;1-4(2)3;;/h1-4H,5H2,(H,9,10)(H2,11,12,13);;;4H,(H2,1,2,3);;. The van der Waals surface area contributed by atoms with Crippen LogP contribution in [0.3, 0.4) is 0 Å². The average Bonchev–Trinajstić information content (AvgIpc) is 2.67. The van der Waals surface area contributed by atoms with E-state index in [0.29, 0.717) is 5.13 Å². The Morgan fingerprint density at radius 3 is 2.24 bits per heavy atom. The number of para-hydroxylation sites is 1. The van der Waals surface area contributed by atoms with E-state index >= 15 is 0 Å². The van der Waals surface area contributed by atoms with Gasteiger partial charge in [0, 0.05) is 0 Å². The molecule has 13 heteroatoms. The number of aromatic nitrogens is 1. The van der Waals surface area contributed by atoms with Crippen LogP contribution in [0, 0.1) is 0 Å². The molecule has 0 bridgehead atoms. The second-order valence-electron chi connectivity index (χ2n) is 3.27. The molecule has 0 spiro atoms. The van der Waals surface area contributed by atoms with E-state index in [1.807, 2.05) is 24.3 Å². The first kappa shape index (κ1) is 24.5. The van der Waals surface area contributed by atoms with Crippen molar-refractivity contribution in [1.82, 2.24) is 4.98 Å². The van der Waals surface area contributed by atoms with E-state index in [1.165, 1.54) is 11.3 Å². The quantitative estimate of drug-likeness (QED) is 0.371. The van der Waals surface area contributed by atoms with Gasteiger partial charge in [-0.3, -0.25) is 9.13 Å². The number of hydrogen-bond acceptors (Lipinski definition) is 5. The summed E-state index contributed by atoms with van der Waals surface area (Å²) in [6, 6.07) is 7.53. The van der Waals surface area contributed by atoms with Gasteiger partial charge in [-0.15, -0.1) is 0 Å². The summed E-state index contributed by atoms with van der Waals surface area (Å²) in [5, 5.41) is 3.15. The molecule has 1 aromatic carbocycles. The first-order valence-electron chi connectivity index (χ1n) is 4.84. The van der Waals surface area contributed by atoms with Gasteiger partial charge >= 0.3 is 75.0 Å². The molecule has 0 saturated heterocycles. The minimum atomic E-state index is -4.02. The summed E-state index contributed by atoms with van der Waals surface area (Å²) in [6.45, 7) is 0. The normalized spacial score (nSPS) is 10.1. The Hall–Kier alpha value is 1.21. The Kier molecular flexibility index (Phi) is 13.6. The van der Waals surface area contributed by atoms with Crippen LogP contribution < -0.4 is 5.32 Å². The van der Waals surface area contributed by atoms with Crippen molar-refractivity contribution in [3.8, 4) is 0 Å². The monoisotopic (exact) mass is 374 g/mol. The van der Waals surface area contributed by atoms with Crippen LogP contribution in [0.2, 0.25) is 0 Å². The molecular weight excluding hydrogens is 360 g/mol. The van der Waals surface area contributed by atoms with Crippen molar-refractivity contribution < 1.29 is 28.7 Å². The zero-order valence-corrected chi connectivity index (χ0v) is 12.1. The third kappa shape index (κ3) is 11.4. The number of benzene rings is 1. The molecule has 0 aliphatic heterocycles. The first-order valence-corrected chi connectivity index (χ1v) is 8.75. The van der Waals surface area contributed by atoms with Gasteiger partial charge in [0.1, 0.15) is 6.29 Å². The van der Waals surface area contributed by atoms with Gasteiger partial charge in [0.25, 0.3) is 0 Å². The Bertz CT molecular complexity index is 585. The van der Waals surface area contributed by atoms with Crippen LogP contribution in [0.1, 0.15) is 0 Å². The molecule has 0 aliphatic carbocycles. The van der Waals surface area contributed by atoms with Gasteiger partial charge in [0.15, 0.2) is 5.13 Å². The third-order valence-corrected chi connectivity index (χ3v) is 3.29. The van der Waals surface area contributed by atoms with Crippen LogP contribution in [0.15, 0.2) is 24.3 Å². The van der Waals surface area contributed by atoms with Gasteiger partial charge in [0.05, 0.1) is 10.2 Å². The molecule has 0 aliphatic rings. The summed E-state index contributed by atoms with van der Waals surface area (Å²) < 4.78 is 20.4. The van der Waals surface area contributed by atoms with Crippen LogP contribution in [0.4, 0.5) is 5.13 Å². The zero-order valence-electron chi connectivity index (χ0n) is 9.42. The Balaban J connectivity index is 0. The number of fused-ring (bicyclic) bond motifs is 1. The molecule has 0 unspecified atom stereocenters. The molecular formula is C8H14N2Na2O6P2S. The maximum atomic E-state index is 10.6. The molecule has 2 rings (SSSR count). The molecule has 2 aromatic rings. The van der Waals surface area contributed by atoms with Crippen LogP contribution in [0.5, 0.6) is 0 Å². The summed E-state index contributed by atoms with van der Waals surface area (Å²) in [5.41, 5.74) is 0.829. The van der Waals surface area contributed by atoms with Crippen molar-refractivity contribution in [2.24, 2.45) is 0 Å². The molecule has 0 amide bonds. The molecule has 0 atom stereocenters. The number of nitrogens with one attached hydrogen (secondary N) is 1. The Morgan fingerprint density at radius 2 is 1.76 bits per heavy atom. The first-order chi connectivity index (χ1) is 8.78. The van der Waals surface area contributed by atoms with Crippen molar-refractivity contribution in [1.29, 1.82) is 0 Å². The van der Waals surface area contributed by atoms with Gasteiger partial charge in [0.2, 0.25) is 0 Å². The van der Waals surface area contributed by atoms with Crippen molar-refractivity contribution in [3.05, 3.63) is 24.3 Å². The van der Waals surface area contributed by atoms with E-state index in [0.717, 1.165) is 10.2 Å². The summed E-state index contributed by atoms with van der Waals surface area (Å²) in [5.74, 6) is 0. The summed E-state index contributed by atoms with van der Waals surface area (Å²) >= 11 is 1.37. The number of thiazole rings is 1. The van der Waals surface area contributed by atoms with Crippen molar-refractivity contribution in [3.63, 3.8) is 0 Å². The second kappa shape index (κ2) is 11.7. The minimum absolute atomic E-state index is 0. The molecule has 1 heterocycles. The fourth-order valence-corrected chi connectivity index (χ4v) is 2.44. The van der Waals surface area contributed by atoms with E-state index in [2.05, 4.69) is 10.3 Å². The van der Waals surface area contributed by atoms with Crippen molar-refractivity contribution in [2.45, 2.75) is 0 Å². The second-order valence-corrected chi connectivity index (χ2v) is 6.51. The molecule has 0 saturated carbocycles. The Morgan fingerprint density at radius 1 is 1.24 bits per heavy atom. The van der Waals surface area contributed by atoms with Gasteiger partial charge in [-0.25, -0.2) is 4.98 Å². The maximum absolute atomic E-state index is 10.6. The van der Waals surface area contributed by atoms with E-state index in [1.54, 1.807) is 0 Å². The predicted octanol–water partition coefficient (Wildman–Crippen LogP) is -0.0929. The molecule has 0 fully saturated rings. The molecule has 8 nitrogen and oxygen atoms in total. The predicted molar refractivity (Wildman–Crippen MR) is 87.9 cm³/mol. The molecule has 1 aromatic heterocycles. The van der Waals surface area contributed by atoms with Gasteiger partial charge < -0.3 is 24.9 Å². The SMILES string of the molecule is O=P(O)(O)CNc1nc2ccccc2s1.O=[PH](O)O.[NaH].[NaH]. The van der Waals surface area contributed by atoms with Crippen LogP contribution >= 0.6 is 27.2 Å². The zero-order chi connectivity index (χ0) is 14.5. The number of rotatable bonds is 3. The van der Waals surface area contributed by atoms with Gasteiger partial charge in [-0.2, -0.15) is 0 Å².